The molecule has 0 bridgehead atoms. The highest BCUT2D eigenvalue weighted by Gasteiger charge is 2.22. The molecule has 0 aliphatic heterocycles. The van der Waals surface area contributed by atoms with Crippen molar-refractivity contribution in [1.82, 2.24) is 0 Å². The van der Waals surface area contributed by atoms with Gasteiger partial charge >= 0.3 is 5.97 Å². The lowest BCUT2D eigenvalue weighted by atomic mass is 9.79. The first kappa shape index (κ1) is 12.5. The van der Waals surface area contributed by atoms with Gasteiger partial charge in [0, 0.05) is 6.92 Å². The minimum atomic E-state index is -0.134. The van der Waals surface area contributed by atoms with Gasteiger partial charge in [-0.2, -0.15) is 0 Å². The predicted octanol–water partition coefficient (Wildman–Crippen LogP) is 3.55. The number of carbonyl (C=O) groups excluding carboxylic acids is 1. The van der Waals surface area contributed by atoms with Gasteiger partial charge in [0.15, 0.2) is 0 Å². The van der Waals surface area contributed by atoms with Crippen molar-refractivity contribution in [3.63, 3.8) is 0 Å². The van der Waals surface area contributed by atoms with Crippen LogP contribution < -0.4 is 0 Å². The normalized spacial score (nSPS) is 26.3. The van der Waals surface area contributed by atoms with Crippen LogP contribution in [0.1, 0.15) is 58.8 Å². The van der Waals surface area contributed by atoms with Crippen LogP contribution in [-0.2, 0) is 9.53 Å². The molecule has 0 spiro atoms. The average Bonchev–Trinajstić information content (AvgIpc) is 2.24. The van der Waals surface area contributed by atoms with Crippen molar-refractivity contribution in [2.75, 3.05) is 6.61 Å². The lowest BCUT2D eigenvalue weighted by Crippen LogP contribution is -2.20. The summed E-state index contributed by atoms with van der Waals surface area (Å²) in [6, 6.07) is 0. The number of carbonyl (C=O) groups is 1. The Kier molecular flexibility index (Phi) is 5.74. The van der Waals surface area contributed by atoms with Crippen LogP contribution in [0.3, 0.4) is 0 Å². The molecule has 15 heavy (non-hydrogen) atoms. The Hall–Kier alpha value is -0.530. The van der Waals surface area contributed by atoms with Crippen LogP contribution in [0, 0.1) is 11.8 Å². The highest BCUT2D eigenvalue weighted by atomic mass is 16.5. The van der Waals surface area contributed by atoms with Gasteiger partial charge in [0.1, 0.15) is 0 Å². The van der Waals surface area contributed by atoms with Crippen molar-refractivity contribution >= 4 is 5.97 Å². The van der Waals surface area contributed by atoms with E-state index in [1.807, 2.05) is 0 Å². The summed E-state index contributed by atoms with van der Waals surface area (Å²) in [5.74, 6) is 1.38. The van der Waals surface area contributed by atoms with E-state index in [9.17, 15) is 4.79 Å². The topological polar surface area (TPSA) is 26.3 Å². The van der Waals surface area contributed by atoms with E-state index in [1.54, 1.807) is 0 Å². The molecule has 1 saturated carbocycles. The first-order chi connectivity index (χ1) is 7.22. The quantitative estimate of drug-likeness (QED) is 0.651. The maximum atomic E-state index is 10.7. The van der Waals surface area contributed by atoms with Crippen molar-refractivity contribution in [2.45, 2.75) is 58.8 Å². The summed E-state index contributed by atoms with van der Waals surface area (Å²) in [6.07, 6.45) is 9.24. The van der Waals surface area contributed by atoms with Crippen LogP contribution in [0.5, 0.6) is 0 Å². The monoisotopic (exact) mass is 212 g/mol. The molecule has 0 radical (unpaired) electrons. The molecule has 0 aromatic carbocycles. The molecule has 0 saturated heterocycles. The highest BCUT2D eigenvalue weighted by Crippen LogP contribution is 2.32. The number of esters is 1. The molecule has 1 aliphatic carbocycles. The fraction of sp³-hybridized carbons (Fsp3) is 0.923. The Morgan fingerprint density at radius 2 is 2.07 bits per heavy atom. The van der Waals surface area contributed by atoms with Crippen LogP contribution in [0.25, 0.3) is 0 Å². The fourth-order valence-electron chi connectivity index (χ4n) is 2.54. The van der Waals surface area contributed by atoms with Gasteiger partial charge in [-0.1, -0.05) is 39.0 Å². The Balaban J connectivity index is 2.19. The van der Waals surface area contributed by atoms with E-state index in [0.29, 0.717) is 12.5 Å². The zero-order chi connectivity index (χ0) is 11.1. The van der Waals surface area contributed by atoms with Crippen LogP contribution in [-0.4, -0.2) is 12.6 Å². The molecule has 2 unspecified atom stereocenters. The fourth-order valence-corrected chi connectivity index (χ4v) is 2.54. The van der Waals surface area contributed by atoms with Gasteiger partial charge in [-0.25, -0.2) is 0 Å². The highest BCUT2D eigenvalue weighted by molar-refractivity contribution is 5.65. The van der Waals surface area contributed by atoms with Crippen molar-refractivity contribution in [3.8, 4) is 0 Å². The molecule has 0 aromatic rings. The molecule has 0 heterocycles. The van der Waals surface area contributed by atoms with Crippen molar-refractivity contribution in [1.29, 1.82) is 0 Å². The largest absolute Gasteiger partial charge is 0.466 e. The van der Waals surface area contributed by atoms with E-state index >= 15 is 0 Å². The van der Waals surface area contributed by atoms with E-state index in [2.05, 4.69) is 6.92 Å². The molecule has 0 N–H and O–H groups in total. The second kappa shape index (κ2) is 6.86. The summed E-state index contributed by atoms with van der Waals surface area (Å²) in [4.78, 5) is 10.7. The van der Waals surface area contributed by atoms with Crippen molar-refractivity contribution in [2.24, 2.45) is 11.8 Å². The van der Waals surface area contributed by atoms with E-state index in [1.165, 1.54) is 51.9 Å². The SMILES string of the molecule is CCCCC1CCCC(COC(C)=O)C1. The molecule has 0 aromatic heterocycles. The van der Waals surface area contributed by atoms with Crippen LogP contribution in [0.4, 0.5) is 0 Å². The van der Waals surface area contributed by atoms with Gasteiger partial charge in [0.05, 0.1) is 6.61 Å². The lowest BCUT2D eigenvalue weighted by Gasteiger charge is -2.28. The third-order valence-corrected chi connectivity index (χ3v) is 3.38. The summed E-state index contributed by atoms with van der Waals surface area (Å²) in [5.41, 5.74) is 0. The van der Waals surface area contributed by atoms with E-state index < -0.39 is 0 Å². The maximum Gasteiger partial charge on any atom is 0.302 e. The first-order valence-corrected chi connectivity index (χ1v) is 6.35. The van der Waals surface area contributed by atoms with Gasteiger partial charge in [-0.15, -0.1) is 0 Å². The van der Waals surface area contributed by atoms with Gasteiger partial charge in [0.2, 0.25) is 0 Å². The minimum Gasteiger partial charge on any atom is -0.466 e. The van der Waals surface area contributed by atoms with Gasteiger partial charge in [-0.05, 0) is 24.7 Å². The molecule has 0 amide bonds. The average molecular weight is 212 g/mol. The molecule has 1 aliphatic rings. The zero-order valence-electron chi connectivity index (χ0n) is 10.1. The number of hydrogen-bond acceptors (Lipinski definition) is 2. The summed E-state index contributed by atoms with van der Waals surface area (Å²) in [6.45, 7) is 4.40. The molecule has 2 atom stereocenters. The lowest BCUT2D eigenvalue weighted by molar-refractivity contribution is -0.142. The Bertz CT molecular complexity index is 189. The summed E-state index contributed by atoms with van der Waals surface area (Å²) < 4.78 is 5.10. The maximum absolute atomic E-state index is 10.7. The van der Waals surface area contributed by atoms with Crippen LogP contribution in [0.15, 0.2) is 0 Å². The number of unbranched alkanes of at least 4 members (excludes halogenated alkanes) is 1. The smallest absolute Gasteiger partial charge is 0.302 e. The van der Waals surface area contributed by atoms with Crippen molar-refractivity contribution in [3.05, 3.63) is 0 Å². The second-order valence-corrected chi connectivity index (χ2v) is 4.84. The number of rotatable bonds is 5. The van der Waals surface area contributed by atoms with Gasteiger partial charge in [-0.3, -0.25) is 4.79 Å². The number of hydrogen-bond donors (Lipinski definition) is 0. The molecular weight excluding hydrogens is 188 g/mol. The Morgan fingerprint density at radius 1 is 1.33 bits per heavy atom. The standard InChI is InChI=1S/C13H24O2/c1-3-4-6-12-7-5-8-13(9-12)10-15-11(2)14/h12-13H,3-10H2,1-2H3. The summed E-state index contributed by atoms with van der Waals surface area (Å²) in [5, 5.41) is 0. The summed E-state index contributed by atoms with van der Waals surface area (Å²) in [7, 11) is 0. The Morgan fingerprint density at radius 3 is 2.73 bits per heavy atom. The predicted molar refractivity (Wildman–Crippen MR) is 61.6 cm³/mol. The van der Waals surface area contributed by atoms with Crippen molar-refractivity contribution < 1.29 is 9.53 Å². The van der Waals surface area contributed by atoms with E-state index in [-0.39, 0.29) is 5.97 Å². The van der Waals surface area contributed by atoms with Crippen LogP contribution in [0.2, 0.25) is 0 Å². The zero-order valence-corrected chi connectivity index (χ0v) is 10.1. The third-order valence-electron chi connectivity index (χ3n) is 3.38. The van der Waals surface area contributed by atoms with E-state index in [0.717, 1.165) is 5.92 Å². The van der Waals surface area contributed by atoms with Gasteiger partial charge in [0.25, 0.3) is 0 Å². The van der Waals surface area contributed by atoms with E-state index in [4.69, 9.17) is 4.74 Å². The van der Waals surface area contributed by atoms with Crippen LogP contribution >= 0.6 is 0 Å². The molecule has 2 nitrogen and oxygen atoms in total. The second-order valence-electron chi connectivity index (χ2n) is 4.84. The first-order valence-electron chi connectivity index (χ1n) is 6.35. The Labute approximate surface area is 93.4 Å². The third kappa shape index (κ3) is 5.19. The molecule has 1 fully saturated rings. The minimum absolute atomic E-state index is 0.134. The number of ether oxygens (including phenoxy) is 1. The molecule has 88 valence electrons. The molecular formula is C13H24O2. The molecule has 1 rings (SSSR count). The molecule has 2 heteroatoms. The summed E-state index contributed by atoms with van der Waals surface area (Å²) >= 11 is 0. The van der Waals surface area contributed by atoms with Gasteiger partial charge < -0.3 is 4.74 Å².